The minimum absolute atomic E-state index is 0.120. The van der Waals surface area contributed by atoms with Crippen LogP contribution in [0.15, 0.2) is 65.6 Å². The van der Waals surface area contributed by atoms with E-state index in [1.807, 2.05) is 45.0 Å². The standard InChI is InChI=1S/C25H28N2O4S2/c1-18-5-10-25(11-6-18)33(30,31)27-13-12-21-8-9-24(15-22(21)16-27)26-32(28,29)17-23-14-19(2)4-7-20(23)3/h4-11,14-15,26H,12-13,16-17H2,1-3H3. The first-order chi connectivity index (χ1) is 15.5. The first kappa shape index (κ1) is 23.5. The van der Waals surface area contributed by atoms with Crippen LogP contribution in [0.25, 0.3) is 0 Å². The van der Waals surface area contributed by atoms with Crippen molar-refractivity contribution in [2.45, 2.75) is 44.4 Å². The number of sulfonamides is 2. The molecule has 3 aromatic rings. The van der Waals surface area contributed by atoms with Gasteiger partial charge in [0.15, 0.2) is 0 Å². The van der Waals surface area contributed by atoms with Crippen molar-refractivity contribution in [3.63, 3.8) is 0 Å². The van der Waals surface area contributed by atoms with E-state index in [4.69, 9.17) is 0 Å². The van der Waals surface area contributed by atoms with Crippen molar-refractivity contribution < 1.29 is 16.8 Å². The molecule has 0 fully saturated rings. The second-order valence-corrected chi connectivity index (χ2v) is 12.3. The summed E-state index contributed by atoms with van der Waals surface area (Å²) in [4.78, 5) is 0.266. The van der Waals surface area contributed by atoms with Crippen LogP contribution in [-0.4, -0.2) is 27.7 Å². The van der Waals surface area contributed by atoms with Crippen molar-refractivity contribution in [2.75, 3.05) is 11.3 Å². The molecular weight excluding hydrogens is 456 g/mol. The number of rotatable bonds is 6. The second kappa shape index (κ2) is 8.93. The third-order valence-electron chi connectivity index (χ3n) is 5.97. The number of fused-ring (bicyclic) bond motifs is 1. The maximum absolute atomic E-state index is 13.1. The predicted molar refractivity (Wildman–Crippen MR) is 131 cm³/mol. The normalized spacial score (nSPS) is 14.6. The molecule has 0 bridgehead atoms. The lowest BCUT2D eigenvalue weighted by molar-refractivity contribution is 0.391. The molecule has 3 aromatic carbocycles. The van der Waals surface area contributed by atoms with Crippen LogP contribution in [0.2, 0.25) is 0 Å². The number of anilines is 1. The number of nitrogens with zero attached hydrogens (tertiary/aromatic N) is 1. The number of hydrogen-bond acceptors (Lipinski definition) is 4. The zero-order valence-corrected chi connectivity index (χ0v) is 20.6. The maximum Gasteiger partial charge on any atom is 0.243 e. The van der Waals surface area contributed by atoms with Gasteiger partial charge in [-0.15, -0.1) is 0 Å². The molecule has 8 heteroatoms. The lowest BCUT2D eigenvalue weighted by Gasteiger charge is -2.28. The van der Waals surface area contributed by atoms with Gasteiger partial charge in [0, 0.05) is 18.8 Å². The van der Waals surface area contributed by atoms with Crippen molar-refractivity contribution in [1.82, 2.24) is 4.31 Å². The van der Waals surface area contributed by atoms with E-state index in [0.717, 1.165) is 33.4 Å². The van der Waals surface area contributed by atoms with Gasteiger partial charge in [-0.25, -0.2) is 16.8 Å². The fourth-order valence-electron chi connectivity index (χ4n) is 4.04. The molecule has 1 heterocycles. The highest BCUT2D eigenvalue weighted by Gasteiger charge is 2.28. The molecule has 0 aliphatic carbocycles. The average Bonchev–Trinajstić information content (AvgIpc) is 2.75. The van der Waals surface area contributed by atoms with Crippen LogP contribution in [0.3, 0.4) is 0 Å². The Kier molecular flexibility index (Phi) is 6.35. The largest absolute Gasteiger partial charge is 0.283 e. The molecular formula is C25H28N2O4S2. The Hall–Kier alpha value is -2.68. The Morgan fingerprint density at radius 2 is 1.52 bits per heavy atom. The number of benzene rings is 3. The Morgan fingerprint density at radius 3 is 2.24 bits per heavy atom. The Balaban J connectivity index is 1.54. The highest BCUT2D eigenvalue weighted by atomic mass is 32.2. The average molecular weight is 485 g/mol. The van der Waals surface area contributed by atoms with E-state index in [2.05, 4.69) is 4.72 Å². The second-order valence-electron chi connectivity index (χ2n) is 8.68. The Labute approximate surface area is 196 Å². The van der Waals surface area contributed by atoms with Gasteiger partial charge in [-0.2, -0.15) is 4.31 Å². The van der Waals surface area contributed by atoms with E-state index in [9.17, 15) is 16.8 Å². The summed E-state index contributed by atoms with van der Waals surface area (Å²) in [6.07, 6.45) is 0.579. The van der Waals surface area contributed by atoms with Crippen molar-refractivity contribution >= 4 is 25.7 Å². The molecule has 33 heavy (non-hydrogen) atoms. The fraction of sp³-hybridized carbons (Fsp3) is 0.280. The van der Waals surface area contributed by atoms with E-state index >= 15 is 0 Å². The first-order valence-electron chi connectivity index (χ1n) is 10.8. The summed E-state index contributed by atoms with van der Waals surface area (Å²) in [5.74, 6) is -0.120. The summed E-state index contributed by atoms with van der Waals surface area (Å²) in [6.45, 7) is 6.34. The van der Waals surface area contributed by atoms with Crippen LogP contribution in [0.1, 0.15) is 33.4 Å². The van der Waals surface area contributed by atoms with Crippen molar-refractivity contribution in [1.29, 1.82) is 0 Å². The van der Waals surface area contributed by atoms with Crippen LogP contribution in [0.4, 0.5) is 5.69 Å². The summed E-state index contributed by atoms with van der Waals surface area (Å²) in [5, 5.41) is 0. The smallest absolute Gasteiger partial charge is 0.243 e. The van der Waals surface area contributed by atoms with Crippen LogP contribution in [-0.2, 0) is 38.8 Å². The number of nitrogens with one attached hydrogen (secondary N) is 1. The van der Waals surface area contributed by atoms with Gasteiger partial charge in [0.25, 0.3) is 0 Å². The summed E-state index contributed by atoms with van der Waals surface area (Å²) in [6, 6.07) is 17.9. The highest BCUT2D eigenvalue weighted by molar-refractivity contribution is 7.92. The van der Waals surface area contributed by atoms with Crippen molar-refractivity contribution in [3.05, 3.63) is 94.0 Å². The number of aryl methyl sites for hydroxylation is 3. The van der Waals surface area contributed by atoms with Gasteiger partial charge in [0.1, 0.15) is 0 Å². The first-order valence-corrected chi connectivity index (χ1v) is 13.9. The zero-order chi connectivity index (χ0) is 23.8. The molecule has 0 radical (unpaired) electrons. The van der Waals surface area contributed by atoms with Crippen LogP contribution < -0.4 is 4.72 Å². The Morgan fingerprint density at radius 1 is 0.818 bits per heavy atom. The van der Waals surface area contributed by atoms with Gasteiger partial charge in [0.05, 0.1) is 10.6 Å². The molecule has 174 valence electrons. The van der Waals surface area contributed by atoms with E-state index in [1.165, 1.54) is 4.31 Å². The van der Waals surface area contributed by atoms with E-state index in [-0.39, 0.29) is 17.2 Å². The zero-order valence-electron chi connectivity index (χ0n) is 19.0. The van der Waals surface area contributed by atoms with Gasteiger partial charge >= 0.3 is 0 Å². The van der Waals surface area contributed by atoms with Crippen LogP contribution in [0, 0.1) is 20.8 Å². The molecule has 4 rings (SSSR count). The van der Waals surface area contributed by atoms with Gasteiger partial charge in [-0.3, -0.25) is 4.72 Å². The topological polar surface area (TPSA) is 83.6 Å². The molecule has 1 aliphatic rings. The van der Waals surface area contributed by atoms with Gasteiger partial charge in [-0.05, 0) is 73.7 Å². The quantitative estimate of drug-likeness (QED) is 0.565. The summed E-state index contributed by atoms with van der Waals surface area (Å²) in [5.41, 5.74) is 5.97. The monoisotopic (exact) mass is 484 g/mol. The van der Waals surface area contributed by atoms with Gasteiger partial charge in [-0.1, -0.05) is 47.5 Å². The highest BCUT2D eigenvalue weighted by Crippen LogP contribution is 2.28. The molecule has 0 atom stereocenters. The van der Waals surface area contributed by atoms with E-state index < -0.39 is 20.0 Å². The molecule has 0 unspecified atom stereocenters. The minimum atomic E-state index is -3.62. The van der Waals surface area contributed by atoms with Gasteiger partial charge < -0.3 is 0 Å². The molecule has 1 N–H and O–H groups in total. The predicted octanol–water partition coefficient (Wildman–Crippen LogP) is 4.30. The van der Waals surface area contributed by atoms with Gasteiger partial charge in [0.2, 0.25) is 20.0 Å². The fourth-order valence-corrected chi connectivity index (χ4v) is 6.73. The van der Waals surface area contributed by atoms with Crippen molar-refractivity contribution in [2.24, 2.45) is 0 Å². The maximum atomic E-state index is 13.1. The molecule has 1 aliphatic heterocycles. The van der Waals surface area contributed by atoms with Crippen LogP contribution >= 0.6 is 0 Å². The molecule has 0 saturated heterocycles. The third kappa shape index (κ3) is 5.29. The molecule has 6 nitrogen and oxygen atoms in total. The lowest BCUT2D eigenvalue weighted by atomic mass is 10.0. The summed E-state index contributed by atoms with van der Waals surface area (Å²) in [7, 11) is -7.25. The van der Waals surface area contributed by atoms with E-state index in [0.29, 0.717) is 18.7 Å². The van der Waals surface area contributed by atoms with Crippen molar-refractivity contribution in [3.8, 4) is 0 Å². The molecule has 0 spiro atoms. The number of hydrogen-bond donors (Lipinski definition) is 1. The Bertz CT molecular complexity index is 1400. The third-order valence-corrected chi connectivity index (χ3v) is 9.06. The molecule has 0 amide bonds. The summed E-state index contributed by atoms with van der Waals surface area (Å²) >= 11 is 0. The lowest BCUT2D eigenvalue weighted by Crippen LogP contribution is -2.36. The van der Waals surface area contributed by atoms with Crippen LogP contribution in [0.5, 0.6) is 0 Å². The molecule has 0 saturated carbocycles. The van der Waals surface area contributed by atoms with E-state index in [1.54, 1.807) is 36.4 Å². The SMILES string of the molecule is Cc1ccc(S(=O)(=O)N2CCc3ccc(NS(=O)(=O)Cc4cc(C)ccc4C)cc3C2)cc1. The molecule has 0 aromatic heterocycles. The summed E-state index contributed by atoms with van der Waals surface area (Å²) < 4.78 is 55.9. The minimum Gasteiger partial charge on any atom is -0.283 e.